The highest BCUT2D eigenvalue weighted by Crippen LogP contribution is 2.17. The lowest BCUT2D eigenvalue weighted by molar-refractivity contribution is 1.46. The van der Waals surface area contributed by atoms with E-state index in [9.17, 15) is 0 Å². The van der Waals surface area contributed by atoms with E-state index in [4.69, 9.17) is 11.6 Å². The van der Waals surface area contributed by atoms with Crippen LogP contribution in [0.1, 0.15) is 5.56 Å². The molecule has 0 aliphatic rings. The molecule has 2 heteroatoms. The maximum absolute atomic E-state index is 5.81. The zero-order valence-electron chi connectivity index (χ0n) is 4.99. The van der Waals surface area contributed by atoms with Crippen molar-refractivity contribution in [1.82, 2.24) is 0 Å². The first-order chi connectivity index (χ1) is 4.20. The van der Waals surface area contributed by atoms with Gasteiger partial charge < -0.3 is 0 Å². The van der Waals surface area contributed by atoms with Crippen molar-refractivity contribution in [3.05, 3.63) is 32.4 Å². The van der Waals surface area contributed by atoms with Crippen molar-refractivity contribution in [3.8, 4) is 0 Å². The smallest absolute Gasteiger partial charge is 0.0445 e. The molecule has 0 radical (unpaired) electrons. The standard InChI is InChI=1S/C7H6ClI/c1-5-2-3-6(9)4-7(5)8/h2-4H,1H3. The molecule has 0 atom stereocenters. The molecule has 0 aromatic heterocycles. The molecule has 0 bridgehead atoms. The fourth-order valence-electron chi connectivity index (χ4n) is 0.567. The van der Waals surface area contributed by atoms with Gasteiger partial charge in [0.05, 0.1) is 0 Å². The minimum absolute atomic E-state index is 0.849. The molecule has 0 fully saturated rings. The lowest BCUT2D eigenvalue weighted by Gasteiger charge is -1.95. The van der Waals surface area contributed by atoms with Crippen LogP contribution in [0.3, 0.4) is 0 Å². The van der Waals surface area contributed by atoms with E-state index in [1.54, 1.807) is 0 Å². The van der Waals surface area contributed by atoms with E-state index >= 15 is 0 Å². The van der Waals surface area contributed by atoms with Gasteiger partial charge in [0.15, 0.2) is 0 Å². The Bertz CT molecular complexity index is 220. The quantitative estimate of drug-likeness (QED) is 0.622. The van der Waals surface area contributed by atoms with Gasteiger partial charge in [-0.3, -0.25) is 0 Å². The van der Waals surface area contributed by atoms with Gasteiger partial charge in [-0.2, -0.15) is 0 Å². The monoisotopic (exact) mass is 252 g/mol. The van der Waals surface area contributed by atoms with Gasteiger partial charge in [-0.25, -0.2) is 0 Å². The van der Waals surface area contributed by atoms with Crippen LogP contribution in [0.4, 0.5) is 0 Å². The molecule has 0 unspecified atom stereocenters. The second-order valence-corrected chi connectivity index (χ2v) is 3.55. The fourth-order valence-corrected chi connectivity index (χ4v) is 1.42. The lowest BCUT2D eigenvalue weighted by Crippen LogP contribution is -1.74. The van der Waals surface area contributed by atoms with Crippen LogP contribution in [0.5, 0.6) is 0 Å². The number of halogens is 2. The van der Waals surface area contributed by atoms with Gasteiger partial charge >= 0.3 is 0 Å². The highest BCUT2D eigenvalue weighted by Gasteiger charge is 1.92. The highest BCUT2D eigenvalue weighted by molar-refractivity contribution is 14.1. The number of hydrogen-bond acceptors (Lipinski definition) is 0. The van der Waals surface area contributed by atoms with Crippen LogP contribution in [0, 0.1) is 10.5 Å². The summed E-state index contributed by atoms with van der Waals surface area (Å²) < 4.78 is 1.18. The normalized spacial score (nSPS) is 9.67. The molecule has 1 aromatic rings. The van der Waals surface area contributed by atoms with Crippen LogP contribution in [0.25, 0.3) is 0 Å². The molecule has 0 saturated heterocycles. The van der Waals surface area contributed by atoms with Crippen molar-refractivity contribution < 1.29 is 0 Å². The van der Waals surface area contributed by atoms with Crippen molar-refractivity contribution >= 4 is 34.2 Å². The molecular weight excluding hydrogens is 246 g/mol. The van der Waals surface area contributed by atoms with E-state index < -0.39 is 0 Å². The van der Waals surface area contributed by atoms with Crippen LogP contribution in [-0.2, 0) is 0 Å². The van der Waals surface area contributed by atoms with Crippen LogP contribution in [-0.4, -0.2) is 0 Å². The van der Waals surface area contributed by atoms with Crippen molar-refractivity contribution in [2.24, 2.45) is 0 Å². The van der Waals surface area contributed by atoms with E-state index in [0.717, 1.165) is 10.6 Å². The summed E-state index contributed by atoms with van der Waals surface area (Å²) in [6.07, 6.45) is 0. The number of hydrogen-bond donors (Lipinski definition) is 0. The average molecular weight is 252 g/mol. The number of aryl methyl sites for hydroxylation is 1. The Morgan fingerprint density at radius 3 is 2.56 bits per heavy atom. The summed E-state index contributed by atoms with van der Waals surface area (Å²) in [7, 11) is 0. The first-order valence-electron chi connectivity index (χ1n) is 2.62. The van der Waals surface area contributed by atoms with E-state index in [1.165, 1.54) is 3.57 Å². The molecule has 0 heterocycles. The van der Waals surface area contributed by atoms with Gasteiger partial charge in [0.25, 0.3) is 0 Å². The molecule has 1 aromatic carbocycles. The minimum Gasteiger partial charge on any atom is -0.0840 e. The molecule has 0 N–H and O–H groups in total. The third-order valence-corrected chi connectivity index (χ3v) is 2.21. The van der Waals surface area contributed by atoms with Crippen LogP contribution < -0.4 is 0 Å². The van der Waals surface area contributed by atoms with Crippen molar-refractivity contribution in [3.63, 3.8) is 0 Å². The maximum atomic E-state index is 5.81. The first-order valence-corrected chi connectivity index (χ1v) is 4.07. The van der Waals surface area contributed by atoms with Crippen LogP contribution in [0.2, 0.25) is 5.02 Å². The second-order valence-electron chi connectivity index (χ2n) is 1.89. The van der Waals surface area contributed by atoms with E-state index in [0.29, 0.717) is 0 Å². The molecule has 0 saturated carbocycles. The summed E-state index contributed by atoms with van der Waals surface area (Å²) in [5.41, 5.74) is 1.14. The Balaban J connectivity index is 3.17. The first kappa shape index (κ1) is 7.35. The van der Waals surface area contributed by atoms with E-state index in [1.807, 2.05) is 25.1 Å². The SMILES string of the molecule is Cc1ccc(I)cc1Cl. The Morgan fingerprint density at radius 2 is 2.11 bits per heavy atom. The summed E-state index contributed by atoms with van der Waals surface area (Å²) in [4.78, 5) is 0. The third-order valence-electron chi connectivity index (χ3n) is 1.13. The fraction of sp³-hybridized carbons (Fsp3) is 0.143. The molecule has 0 nitrogen and oxygen atoms in total. The third kappa shape index (κ3) is 1.83. The van der Waals surface area contributed by atoms with Gasteiger partial charge in [-0.05, 0) is 47.2 Å². The summed E-state index contributed by atoms with van der Waals surface area (Å²) in [6.45, 7) is 2.00. The van der Waals surface area contributed by atoms with Crippen molar-refractivity contribution in [1.29, 1.82) is 0 Å². The van der Waals surface area contributed by atoms with Crippen molar-refractivity contribution in [2.45, 2.75) is 6.92 Å². The summed E-state index contributed by atoms with van der Waals surface area (Å²) in [5, 5.41) is 0.849. The molecule has 48 valence electrons. The van der Waals surface area contributed by atoms with Crippen LogP contribution in [0.15, 0.2) is 18.2 Å². The molecule has 1 rings (SSSR count). The Morgan fingerprint density at radius 1 is 1.44 bits per heavy atom. The molecule has 9 heavy (non-hydrogen) atoms. The Labute approximate surface area is 73.4 Å². The number of benzene rings is 1. The van der Waals surface area contributed by atoms with Crippen LogP contribution >= 0.6 is 34.2 Å². The summed E-state index contributed by atoms with van der Waals surface area (Å²) >= 11 is 8.05. The Kier molecular flexibility index (Phi) is 2.35. The average Bonchev–Trinajstić information content (AvgIpc) is 1.80. The van der Waals surface area contributed by atoms with Gasteiger partial charge in [0.1, 0.15) is 0 Å². The Hall–Kier alpha value is 0.240. The minimum atomic E-state index is 0.849. The molecule has 0 aliphatic heterocycles. The highest BCUT2D eigenvalue weighted by atomic mass is 127. The molecule has 0 spiro atoms. The predicted octanol–water partition coefficient (Wildman–Crippen LogP) is 3.25. The van der Waals surface area contributed by atoms with Gasteiger partial charge in [-0.15, -0.1) is 0 Å². The van der Waals surface area contributed by atoms with Gasteiger partial charge in [-0.1, -0.05) is 17.7 Å². The summed E-state index contributed by atoms with van der Waals surface area (Å²) in [5.74, 6) is 0. The largest absolute Gasteiger partial charge is 0.0840 e. The predicted molar refractivity (Wildman–Crippen MR) is 48.9 cm³/mol. The zero-order valence-corrected chi connectivity index (χ0v) is 7.90. The topological polar surface area (TPSA) is 0 Å². The zero-order chi connectivity index (χ0) is 6.85. The van der Waals surface area contributed by atoms with Gasteiger partial charge in [0, 0.05) is 8.59 Å². The van der Waals surface area contributed by atoms with E-state index in [-0.39, 0.29) is 0 Å². The van der Waals surface area contributed by atoms with Gasteiger partial charge in [0.2, 0.25) is 0 Å². The molecule has 0 aliphatic carbocycles. The second kappa shape index (κ2) is 2.88. The van der Waals surface area contributed by atoms with Crippen molar-refractivity contribution in [2.75, 3.05) is 0 Å². The number of rotatable bonds is 0. The summed E-state index contributed by atoms with van der Waals surface area (Å²) in [6, 6.07) is 6.02. The van der Waals surface area contributed by atoms with E-state index in [2.05, 4.69) is 22.6 Å². The molecular formula is C7H6ClI. The maximum Gasteiger partial charge on any atom is 0.0445 e. The lowest BCUT2D eigenvalue weighted by atomic mass is 10.2. The molecule has 0 amide bonds.